The number of nitrogens with one attached hydrogen (secondary N) is 2. The van der Waals surface area contributed by atoms with E-state index in [9.17, 15) is 9.59 Å². The highest BCUT2D eigenvalue weighted by Crippen LogP contribution is 2.30. The summed E-state index contributed by atoms with van der Waals surface area (Å²) in [6.45, 7) is 7.72. The molecule has 2 amide bonds. The lowest BCUT2D eigenvalue weighted by Crippen LogP contribution is -2.48. The predicted molar refractivity (Wildman–Crippen MR) is 126 cm³/mol. The normalized spacial score (nSPS) is 15.9. The maximum atomic E-state index is 13.1. The fourth-order valence-corrected chi connectivity index (χ4v) is 3.73. The lowest BCUT2D eigenvalue weighted by atomic mass is 9.95. The Kier molecular flexibility index (Phi) is 9.12. The van der Waals surface area contributed by atoms with Crippen molar-refractivity contribution >= 4 is 12.0 Å². The van der Waals surface area contributed by atoms with Crippen molar-refractivity contribution in [2.45, 2.75) is 39.5 Å². The van der Waals surface area contributed by atoms with E-state index in [2.05, 4.69) is 10.6 Å². The second-order valence-corrected chi connectivity index (χ2v) is 8.16. The van der Waals surface area contributed by atoms with E-state index in [0.717, 1.165) is 11.3 Å². The first kappa shape index (κ1) is 25.3. The molecule has 184 valence electrons. The number of hydrogen-bond acceptors (Lipinski definition) is 7. The monoisotopic (exact) mass is 471 g/mol. The molecule has 0 spiro atoms. The van der Waals surface area contributed by atoms with Crippen molar-refractivity contribution in [1.29, 1.82) is 0 Å². The first-order valence-corrected chi connectivity index (χ1v) is 11.4. The van der Waals surface area contributed by atoms with Gasteiger partial charge in [0, 0.05) is 25.9 Å². The quantitative estimate of drug-likeness (QED) is 0.458. The molecule has 3 rings (SSSR count). The first-order valence-electron chi connectivity index (χ1n) is 11.4. The first-order chi connectivity index (χ1) is 16.4. The van der Waals surface area contributed by atoms with Gasteiger partial charge in [0.05, 0.1) is 43.7 Å². The van der Waals surface area contributed by atoms with E-state index in [1.165, 1.54) is 0 Å². The maximum Gasteiger partial charge on any atom is 0.338 e. The van der Waals surface area contributed by atoms with Gasteiger partial charge in [-0.1, -0.05) is 12.1 Å². The highest BCUT2D eigenvalue weighted by molar-refractivity contribution is 5.95. The predicted octanol–water partition coefficient (Wildman–Crippen LogP) is 3.39. The summed E-state index contributed by atoms with van der Waals surface area (Å²) in [6, 6.07) is 9.99. The second kappa shape index (κ2) is 12.2. The number of rotatable bonds is 12. The summed E-state index contributed by atoms with van der Waals surface area (Å²) < 4.78 is 21.8. The third-order valence-corrected chi connectivity index (χ3v) is 5.19. The molecule has 1 aliphatic rings. The van der Waals surface area contributed by atoms with Gasteiger partial charge >= 0.3 is 12.0 Å². The summed E-state index contributed by atoms with van der Waals surface area (Å²) >= 11 is 0. The lowest BCUT2D eigenvalue weighted by Gasteiger charge is -2.32. The van der Waals surface area contributed by atoms with Crippen LogP contribution >= 0.6 is 0 Å². The van der Waals surface area contributed by atoms with Gasteiger partial charge < -0.3 is 29.3 Å². The van der Waals surface area contributed by atoms with Crippen molar-refractivity contribution in [3.05, 3.63) is 65.3 Å². The average molecular weight is 472 g/mol. The third kappa shape index (κ3) is 6.85. The van der Waals surface area contributed by atoms with Crippen LogP contribution in [0, 0.1) is 0 Å². The Hall–Kier alpha value is -3.30. The number of carbonyl (C=O) groups is 2. The summed E-state index contributed by atoms with van der Waals surface area (Å²) in [4.78, 5) is 27.7. The number of amides is 2. The molecular weight excluding hydrogens is 438 g/mol. The van der Waals surface area contributed by atoms with Crippen LogP contribution in [0.4, 0.5) is 4.79 Å². The van der Waals surface area contributed by atoms with Gasteiger partial charge in [-0.05, 0) is 50.6 Å². The molecule has 1 atom stereocenters. The van der Waals surface area contributed by atoms with Gasteiger partial charge in [-0.15, -0.1) is 0 Å². The van der Waals surface area contributed by atoms with Crippen molar-refractivity contribution < 1.29 is 28.2 Å². The highest BCUT2D eigenvalue weighted by Gasteiger charge is 2.34. The summed E-state index contributed by atoms with van der Waals surface area (Å²) in [5.74, 6) is 0.999. The molecular formula is C25H33N3O6. The molecule has 9 nitrogen and oxygen atoms in total. The molecule has 2 N–H and O–H groups in total. The molecule has 0 saturated carbocycles. The van der Waals surface area contributed by atoms with Crippen LogP contribution < -0.4 is 15.4 Å². The van der Waals surface area contributed by atoms with Crippen LogP contribution in [0.1, 0.15) is 38.1 Å². The smallest absolute Gasteiger partial charge is 0.338 e. The van der Waals surface area contributed by atoms with Crippen LogP contribution in [0.3, 0.4) is 0 Å². The van der Waals surface area contributed by atoms with Gasteiger partial charge in [-0.25, -0.2) is 9.59 Å². The van der Waals surface area contributed by atoms with Crippen molar-refractivity contribution in [2.75, 3.05) is 33.4 Å². The Morgan fingerprint density at radius 2 is 1.94 bits per heavy atom. The van der Waals surface area contributed by atoms with Gasteiger partial charge in [0.15, 0.2) is 0 Å². The minimum atomic E-state index is -0.663. The van der Waals surface area contributed by atoms with E-state index in [0.29, 0.717) is 43.3 Å². The molecule has 2 heterocycles. The summed E-state index contributed by atoms with van der Waals surface area (Å²) in [5.41, 5.74) is 1.60. The zero-order valence-corrected chi connectivity index (χ0v) is 20.1. The average Bonchev–Trinajstić information content (AvgIpc) is 3.30. The standard InChI is InChI=1S/C25H33N3O6/c1-5-32-24(29)22-21(16-28(12-14-31-4)15-20-7-6-13-33-20)26-25(30)27-23(22)18-8-10-19(11-9-18)34-17(2)3/h6-11,13,17,23H,5,12,14-16H2,1-4H3,(H2,26,27,30)/t23-/m0/s1. The second-order valence-electron chi connectivity index (χ2n) is 8.16. The Morgan fingerprint density at radius 3 is 2.56 bits per heavy atom. The fourth-order valence-electron chi connectivity index (χ4n) is 3.73. The summed E-state index contributed by atoms with van der Waals surface area (Å²) in [5, 5.41) is 5.68. The molecule has 1 aromatic heterocycles. The SMILES string of the molecule is CCOC(=O)C1=C(CN(CCOC)Cc2ccco2)NC(=O)N[C@H]1c1ccc(OC(C)C)cc1. The van der Waals surface area contributed by atoms with E-state index in [-0.39, 0.29) is 18.7 Å². The summed E-state index contributed by atoms with van der Waals surface area (Å²) in [6.07, 6.45) is 1.65. The Balaban J connectivity index is 1.95. The number of urea groups is 1. The largest absolute Gasteiger partial charge is 0.491 e. The number of nitrogens with zero attached hydrogens (tertiary/aromatic N) is 1. The number of esters is 1. The molecule has 1 aliphatic heterocycles. The molecule has 0 unspecified atom stereocenters. The van der Waals surface area contributed by atoms with Crippen LogP contribution in [-0.2, 0) is 20.8 Å². The maximum absolute atomic E-state index is 13.1. The number of benzene rings is 1. The van der Waals surface area contributed by atoms with Crippen LogP contribution in [0.15, 0.2) is 58.3 Å². The van der Waals surface area contributed by atoms with Crippen LogP contribution in [0.5, 0.6) is 5.75 Å². The number of methoxy groups -OCH3 is 1. The summed E-state index contributed by atoms with van der Waals surface area (Å²) in [7, 11) is 1.63. The molecule has 0 bridgehead atoms. The van der Waals surface area contributed by atoms with Crippen LogP contribution in [0.2, 0.25) is 0 Å². The van der Waals surface area contributed by atoms with E-state index in [1.807, 2.05) is 55.1 Å². The molecule has 9 heteroatoms. The van der Waals surface area contributed by atoms with Gasteiger partial charge in [0.2, 0.25) is 0 Å². The van der Waals surface area contributed by atoms with E-state index < -0.39 is 12.0 Å². The molecule has 2 aromatic rings. The lowest BCUT2D eigenvalue weighted by molar-refractivity contribution is -0.139. The molecule has 0 aliphatic carbocycles. The van der Waals surface area contributed by atoms with Crippen molar-refractivity contribution in [2.24, 2.45) is 0 Å². The van der Waals surface area contributed by atoms with E-state index in [4.69, 9.17) is 18.6 Å². The van der Waals surface area contributed by atoms with Crippen LogP contribution in [-0.4, -0.2) is 56.4 Å². The minimum absolute atomic E-state index is 0.0401. The topological polar surface area (TPSA) is 102 Å². The Labute approximate surface area is 200 Å². The number of furan rings is 1. The molecule has 0 saturated heterocycles. The molecule has 34 heavy (non-hydrogen) atoms. The van der Waals surface area contributed by atoms with E-state index >= 15 is 0 Å². The van der Waals surface area contributed by atoms with Crippen molar-refractivity contribution in [1.82, 2.24) is 15.5 Å². The van der Waals surface area contributed by atoms with Crippen molar-refractivity contribution in [3.63, 3.8) is 0 Å². The van der Waals surface area contributed by atoms with Gasteiger partial charge in [0.25, 0.3) is 0 Å². The zero-order valence-electron chi connectivity index (χ0n) is 20.1. The Bertz CT molecular complexity index is 969. The molecule has 0 fully saturated rings. The Morgan fingerprint density at radius 1 is 1.18 bits per heavy atom. The number of carbonyl (C=O) groups excluding carboxylic acids is 2. The molecule has 0 radical (unpaired) electrons. The number of hydrogen-bond donors (Lipinski definition) is 2. The van der Waals surface area contributed by atoms with E-state index in [1.54, 1.807) is 20.3 Å². The molecule has 1 aromatic carbocycles. The third-order valence-electron chi connectivity index (χ3n) is 5.19. The van der Waals surface area contributed by atoms with Gasteiger partial charge in [-0.3, -0.25) is 4.90 Å². The minimum Gasteiger partial charge on any atom is -0.491 e. The number of ether oxygens (including phenoxy) is 3. The highest BCUT2D eigenvalue weighted by atomic mass is 16.5. The van der Waals surface area contributed by atoms with Gasteiger partial charge in [0.1, 0.15) is 11.5 Å². The fraction of sp³-hybridized carbons (Fsp3) is 0.440. The van der Waals surface area contributed by atoms with Crippen molar-refractivity contribution in [3.8, 4) is 5.75 Å². The van der Waals surface area contributed by atoms with Crippen LogP contribution in [0.25, 0.3) is 0 Å². The zero-order chi connectivity index (χ0) is 24.5. The van der Waals surface area contributed by atoms with Gasteiger partial charge in [-0.2, -0.15) is 0 Å².